The zero-order valence-corrected chi connectivity index (χ0v) is 57.7. The first-order valence-corrected chi connectivity index (χ1v) is 37.7. The highest BCUT2D eigenvalue weighted by atomic mass is 31.2. The summed E-state index contributed by atoms with van der Waals surface area (Å²) in [5, 5.41) is 3.03. The Kier molecular flexibility index (Phi) is 62.5. The number of hydrogen-bond donors (Lipinski definition) is 1. The molecule has 0 bridgehead atoms. The molecule has 496 valence electrons. The number of nitrogens with one attached hydrogen (secondary N) is 1. The van der Waals surface area contributed by atoms with Gasteiger partial charge in [0.25, 0.3) is 7.82 Å². The molecule has 9 nitrogen and oxygen atoms in total. The third kappa shape index (κ3) is 65.7. The summed E-state index contributed by atoms with van der Waals surface area (Å²) in [6.45, 7) is 6.75. The van der Waals surface area contributed by atoms with Gasteiger partial charge in [-0.3, -0.25) is 14.2 Å². The van der Waals surface area contributed by atoms with E-state index in [4.69, 9.17) is 13.8 Å². The quantitative estimate of drug-likeness (QED) is 0.0212. The van der Waals surface area contributed by atoms with Crippen LogP contribution in [0.2, 0.25) is 0 Å². The molecule has 0 fully saturated rings. The number of carbonyl (C=O) groups excluding carboxylic acids is 2. The van der Waals surface area contributed by atoms with Crippen LogP contribution in [0, 0.1) is 0 Å². The van der Waals surface area contributed by atoms with Crippen LogP contribution >= 0.6 is 7.82 Å². The summed E-state index contributed by atoms with van der Waals surface area (Å²) in [6.07, 6.45) is 84.7. The van der Waals surface area contributed by atoms with E-state index >= 15 is 0 Å². The number of phosphoric acid groups is 1. The Morgan fingerprint density at radius 1 is 0.424 bits per heavy atom. The number of ether oxygens (including phenoxy) is 1. The molecule has 1 N–H and O–H groups in total. The van der Waals surface area contributed by atoms with Crippen molar-refractivity contribution in [1.29, 1.82) is 0 Å². The van der Waals surface area contributed by atoms with Gasteiger partial charge in [-0.1, -0.05) is 325 Å². The van der Waals surface area contributed by atoms with Crippen molar-refractivity contribution in [3.63, 3.8) is 0 Å². The molecule has 10 heteroatoms. The topological polar surface area (TPSA) is 114 Å². The molecular formula is C75H139N2O7P. The number of unbranched alkanes of at least 4 members (excludes halogenated alkanes) is 40. The zero-order valence-electron chi connectivity index (χ0n) is 56.8. The predicted molar refractivity (Wildman–Crippen MR) is 367 cm³/mol. The summed E-state index contributed by atoms with van der Waals surface area (Å²) < 4.78 is 30.4. The van der Waals surface area contributed by atoms with Crippen LogP contribution in [-0.4, -0.2) is 69.4 Å². The van der Waals surface area contributed by atoms with E-state index in [0.717, 1.165) is 103 Å². The highest BCUT2D eigenvalue weighted by Gasteiger charge is 2.27. The SMILES string of the molecule is CC/C=C\C/C=C\C/C=C\C/C=C\C/C=C\CCCCCCCC(=O)NC(COP(=O)([O-])OCC[N+](C)(C)C)C(/C=C\CCCCCCCCCCC)OC(=O)CCCCCCCCCCCCCCCCCCCCCCCCCCCCC. The van der Waals surface area contributed by atoms with E-state index in [9.17, 15) is 19.0 Å². The van der Waals surface area contributed by atoms with E-state index in [-0.39, 0.29) is 24.9 Å². The lowest BCUT2D eigenvalue weighted by Gasteiger charge is -2.30. The van der Waals surface area contributed by atoms with E-state index in [1.807, 2.05) is 33.3 Å². The molecule has 0 radical (unpaired) electrons. The second-order valence-corrected chi connectivity index (χ2v) is 27.1. The maximum Gasteiger partial charge on any atom is 0.306 e. The van der Waals surface area contributed by atoms with Crippen LogP contribution in [0.4, 0.5) is 0 Å². The Hall–Kier alpha value is -2.55. The molecule has 0 aromatic carbocycles. The molecular weight excluding hydrogens is 1070 g/mol. The van der Waals surface area contributed by atoms with Gasteiger partial charge in [-0.2, -0.15) is 0 Å². The predicted octanol–water partition coefficient (Wildman–Crippen LogP) is 22.5. The van der Waals surface area contributed by atoms with E-state index in [1.165, 1.54) is 199 Å². The fraction of sp³-hybridized carbons (Fsp3) is 0.813. The lowest BCUT2D eigenvalue weighted by atomic mass is 10.0. The van der Waals surface area contributed by atoms with Gasteiger partial charge in [-0.25, -0.2) is 0 Å². The Balaban J connectivity index is 4.98. The highest BCUT2D eigenvalue weighted by Crippen LogP contribution is 2.38. The van der Waals surface area contributed by atoms with Crippen LogP contribution in [-0.2, 0) is 27.9 Å². The molecule has 3 unspecified atom stereocenters. The number of esters is 1. The molecule has 85 heavy (non-hydrogen) atoms. The molecule has 1 amide bonds. The lowest BCUT2D eigenvalue weighted by Crippen LogP contribution is -2.47. The van der Waals surface area contributed by atoms with Crippen molar-refractivity contribution in [2.45, 2.75) is 354 Å². The van der Waals surface area contributed by atoms with Crippen molar-refractivity contribution in [1.82, 2.24) is 5.32 Å². The summed E-state index contributed by atoms with van der Waals surface area (Å²) in [4.78, 5) is 40.2. The van der Waals surface area contributed by atoms with E-state index in [0.29, 0.717) is 23.9 Å². The fourth-order valence-electron chi connectivity index (χ4n) is 10.6. The number of nitrogens with zero attached hydrogens (tertiary/aromatic N) is 1. The van der Waals surface area contributed by atoms with Crippen molar-refractivity contribution < 1.29 is 37.3 Å². The third-order valence-corrected chi connectivity index (χ3v) is 17.1. The fourth-order valence-corrected chi connectivity index (χ4v) is 11.3. The smallest absolute Gasteiger partial charge is 0.306 e. The Morgan fingerprint density at radius 2 is 0.753 bits per heavy atom. The Labute approximate surface area is 527 Å². The van der Waals surface area contributed by atoms with Gasteiger partial charge in [0.05, 0.1) is 33.8 Å². The molecule has 0 aliphatic rings. The molecule has 3 atom stereocenters. The van der Waals surface area contributed by atoms with Crippen LogP contribution in [0.1, 0.15) is 342 Å². The second-order valence-electron chi connectivity index (χ2n) is 25.7. The van der Waals surface area contributed by atoms with E-state index in [1.54, 1.807) is 0 Å². The van der Waals surface area contributed by atoms with Gasteiger partial charge in [0.1, 0.15) is 19.3 Å². The van der Waals surface area contributed by atoms with Gasteiger partial charge >= 0.3 is 5.97 Å². The lowest BCUT2D eigenvalue weighted by molar-refractivity contribution is -0.870. The summed E-state index contributed by atoms with van der Waals surface area (Å²) >= 11 is 0. The third-order valence-electron chi connectivity index (χ3n) is 16.2. The summed E-state index contributed by atoms with van der Waals surface area (Å²) in [5.41, 5.74) is 0. The maximum atomic E-state index is 13.6. The normalized spacial score (nSPS) is 13.9. The maximum absolute atomic E-state index is 13.6. The average molecular weight is 1210 g/mol. The van der Waals surface area contributed by atoms with Crippen molar-refractivity contribution in [2.75, 3.05) is 40.9 Å². The molecule has 0 aromatic rings. The van der Waals surface area contributed by atoms with Gasteiger partial charge in [0.2, 0.25) is 5.91 Å². The van der Waals surface area contributed by atoms with Gasteiger partial charge in [0.15, 0.2) is 0 Å². The Morgan fingerprint density at radius 3 is 1.13 bits per heavy atom. The molecule has 0 aliphatic heterocycles. The summed E-state index contributed by atoms with van der Waals surface area (Å²) in [7, 11) is 1.18. The van der Waals surface area contributed by atoms with Gasteiger partial charge in [0, 0.05) is 12.8 Å². The largest absolute Gasteiger partial charge is 0.756 e. The summed E-state index contributed by atoms with van der Waals surface area (Å²) in [5.74, 6) is -0.552. The standard InChI is InChI=1S/C75H139N2O7P/c1-7-10-13-16-19-22-25-27-29-31-33-35-36-37-38-39-40-42-44-46-48-50-53-56-59-62-65-68-75(79)84-73(66-63-60-57-54-51-24-21-18-15-12-9-3)72(71-83-85(80,81)82-70-69-77(4,5)6)76-74(78)67-64-61-58-55-52-49-47-45-43-41-34-32-30-28-26-23-20-17-14-11-8-2/h11,14,20,23,28,30,34,41,45,47,63,66,72-73H,7-10,12-13,15-19,21-22,24-27,29,31-33,35-40,42-44,46,48-62,64-65,67-71H2,1-6H3,(H-,76,78,80,81)/b14-11-,23-20-,30-28-,41-34-,47-45-,66-63-. The van der Waals surface area contributed by atoms with Crippen molar-refractivity contribution in [3.8, 4) is 0 Å². The summed E-state index contributed by atoms with van der Waals surface area (Å²) in [6, 6.07) is -0.901. The Bertz CT molecular complexity index is 1680. The van der Waals surface area contributed by atoms with Gasteiger partial charge in [-0.15, -0.1) is 0 Å². The minimum Gasteiger partial charge on any atom is -0.756 e. The molecule has 0 spiro atoms. The van der Waals surface area contributed by atoms with Crippen molar-refractivity contribution in [2.24, 2.45) is 0 Å². The van der Waals surface area contributed by atoms with Crippen molar-refractivity contribution >= 4 is 19.7 Å². The van der Waals surface area contributed by atoms with Gasteiger partial charge < -0.3 is 28.5 Å². The molecule has 0 saturated carbocycles. The second kappa shape index (κ2) is 64.4. The number of quaternary nitrogens is 1. The monoisotopic (exact) mass is 1210 g/mol. The van der Waals surface area contributed by atoms with Crippen molar-refractivity contribution in [3.05, 3.63) is 72.9 Å². The number of allylic oxidation sites excluding steroid dienone is 11. The van der Waals surface area contributed by atoms with Crippen LogP contribution in [0.3, 0.4) is 0 Å². The first kappa shape index (κ1) is 82.5. The minimum atomic E-state index is -4.71. The first-order chi connectivity index (χ1) is 41.4. The number of amides is 1. The molecule has 0 saturated heterocycles. The number of rotatable bonds is 66. The highest BCUT2D eigenvalue weighted by molar-refractivity contribution is 7.45. The molecule has 0 aliphatic carbocycles. The first-order valence-electron chi connectivity index (χ1n) is 36.2. The minimum absolute atomic E-state index is 0.0275. The molecule has 0 rings (SSSR count). The molecule has 0 heterocycles. The van der Waals surface area contributed by atoms with Crippen LogP contribution in [0.5, 0.6) is 0 Å². The zero-order chi connectivity index (χ0) is 62.1. The number of hydrogen-bond acceptors (Lipinski definition) is 7. The van der Waals surface area contributed by atoms with Crippen LogP contribution in [0.25, 0.3) is 0 Å². The number of carbonyl (C=O) groups is 2. The van der Waals surface area contributed by atoms with Crippen LogP contribution in [0.15, 0.2) is 72.9 Å². The number of likely N-dealkylation sites (N-methyl/N-ethyl adjacent to an activating group) is 1. The van der Waals surface area contributed by atoms with E-state index in [2.05, 4.69) is 86.8 Å². The molecule has 0 aromatic heterocycles. The van der Waals surface area contributed by atoms with E-state index < -0.39 is 26.6 Å². The number of phosphoric ester groups is 1. The van der Waals surface area contributed by atoms with Gasteiger partial charge in [-0.05, 0) is 76.7 Å². The average Bonchev–Trinajstić information content (AvgIpc) is 3.57. The van der Waals surface area contributed by atoms with Crippen LogP contribution < -0.4 is 10.2 Å².